The molecule has 1 aromatic heterocycles. The monoisotopic (exact) mass is 309 g/mol. The number of thioether (sulfide) groups is 1. The van der Waals surface area contributed by atoms with Crippen LogP contribution in [0.4, 0.5) is 5.13 Å². The molecule has 0 unspecified atom stereocenters. The summed E-state index contributed by atoms with van der Waals surface area (Å²) in [5.41, 5.74) is 6.77. The lowest BCUT2D eigenvalue weighted by Crippen LogP contribution is -2.36. The topological polar surface area (TPSA) is 68.0 Å². The number of aromatic nitrogens is 1. The highest BCUT2D eigenvalue weighted by molar-refractivity contribution is 7.98. The Hall–Kier alpha value is -0.300. The molecule has 0 aliphatic rings. The van der Waals surface area contributed by atoms with Crippen molar-refractivity contribution in [3.63, 3.8) is 0 Å². The van der Waals surface area contributed by atoms with E-state index >= 15 is 0 Å². The smallest absolute Gasteiger partial charge is 0.243 e. The molecule has 0 saturated heterocycles. The van der Waals surface area contributed by atoms with E-state index in [1.165, 1.54) is 11.3 Å². The van der Waals surface area contributed by atoms with Crippen molar-refractivity contribution in [3.05, 3.63) is 11.1 Å². The molecule has 7 heteroatoms. The highest BCUT2D eigenvalue weighted by atomic mass is 35.5. The molecule has 0 aliphatic carbocycles. The predicted molar refractivity (Wildman–Crippen MR) is 83.1 cm³/mol. The van der Waals surface area contributed by atoms with E-state index in [1.807, 2.05) is 11.6 Å². The number of thiazole rings is 1. The van der Waals surface area contributed by atoms with Crippen LogP contribution in [0.25, 0.3) is 0 Å². The Bertz CT molecular complexity index is 371. The fraction of sp³-hybridized carbons (Fsp3) is 0.636. The van der Waals surface area contributed by atoms with Gasteiger partial charge in [-0.25, -0.2) is 4.98 Å². The number of nitrogens with two attached hydrogens (primary N) is 1. The second kappa shape index (κ2) is 8.74. The largest absolute Gasteiger partial charge is 0.320 e. The number of nitrogens with zero attached hydrogens (tertiary/aromatic N) is 1. The molecule has 0 radical (unpaired) electrons. The molecule has 0 saturated carbocycles. The number of nitrogens with one attached hydrogen (secondary N) is 1. The van der Waals surface area contributed by atoms with Gasteiger partial charge in [0.15, 0.2) is 5.13 Å². The number of hydrogen-bond donors (Lipinski definition) is 2. The van der Waals surface area contributed by atoms with Crippen LogP contribution in [0.2, 0.25) is 0 Å². The maximum atomic E-state index is 11.7. The molecule has 1 atom stereocenters. The number of carbonyl (C=O) groups excluding carboxylic acids is 1. The summed E-state index contributed by atoms with van der Waals surface area (Å²) in [6.07, 6.45) is 2.69. The summed E-state index contributed by atoms with van der Waals surface area (Å²) in [6, 6.07) is -0.450. The first-order valence-electron chi connectivity index (χ1n) is 5.55. The first-order valence-corrected chi connectivity index (χ1v) is 7.82. The summed E-state index contributed by atoms with van der Waals surface area (Å²) in [6.45, 7) is 4.15. The van der Waals surface area contributed by atoms with E-state index in [4.69, 9.17) is 5.73 Å². The van der Waals surface area contributed by atoms with Gasteiger partial charge in [0.25, 0.3) is 0 Å². The van der Waals surface area contributed by atoms with Crippen molar-refractivity contribution < 1.29 is 4.79 Å². The van der Waals surface area contributed by atoms with Gasteiger partial charge in [-0.1, -0.05) is 13.8 Å². The molecule has 0 aromatic carbocycles. The number of amides is 1. The zero-order valence-corrected chi connectivity index (χ0v) is 13.3. The SMILES string of the molecule is CSCC[C@H](N)C(=O)Nc1nc(C(C)C)cs1.Cl. The van der Waals surface area contributed by atoms with Crippen molar-refractivity contribution in [2.75, 3.05) is 17.3 Å². The molecule has 18 heavy (non-hydrogen) atoms. The summed E-state index contributed by atoms with van der Waals surface area (Å²) < 4.78 is 0. The third-order valence-corrected chi connectivity index (χ3v) is 3.73. The number of anilines is 1. The van der Waals surface area contributed by atoms with Crippen molar-refractivity contribution in [1.29, 1.82) is 0 Å². The Labute approximate surface area is 123 Å². The third-order valence-electron chi connectivity index (χ3n) is 2.31. The minimum atomic E-state index is -0.450. The summed E-state index contributed by atoms with van der Waals surface area (Å²) in [4.78, 5) is 16.1. The maximum Gasteiger partial charge on any atom is 0.243 e. The Morgan fingerprint density at radius 1 is 1.61 bits per heavy atom. The van der Waals surface area contributed by atoms with E-state index in [1.54, 1.807) is 11.8 Å². The average molecular weight is 310 g/mol. The van der Waals surface area contributed by atoms with Crippen molar-refractivity contribution in [3.8, 4) is 0 Å². The molecule has 1 aromatic rings. The lowest BCUT2D eigenvalue weighted by atomic mass is 10.2. The lowest BCUT2D eigenvalue weighted by Gasteiger charge is -2.09. The normalized spacial score (nSPS) is 12.1. The van der Waals surface area contributed by atoms with Crippen molar-refractivity contribution in [2.24, 2.45) is 5.73 Å². The molecule has 0 fully saturated rings. The fourth-order valence-electron chi connectivity index (χ4n) is 1.18. The van der Waals surface area contributed by atoms with Crippen LogP contribution in [-0.2, 0) is 4.79 Å². The van der Waals surface area contributed by atoms with Crippen LogP contribution in [0.1, 0.15) is 31.9 Å². The fourth-order valence-corrected chi connectivity index (χ4v) is 2.55. The van der Waals surface area contributed by atoms with Gasteiger partial charge in [0, 0.05) is 5.38 Å². The van der Waals surface area contributed by atoms with Gasteiger partial charge in [-0.3, -0.25) is 4.79 Å². The zero-order valence-electron chi connectivity index (χ0n) is 10.8. The summed E-state index contributed by atoms with van der Waals surface area (Å²) >= 11 is 3.13. The molecule has 1 amide bonds. The number of hydrogen-bond acceptors (Lipinski definition) is 5. The molecule has 0 aliphatic heterocycles. The van der Waals surface area contributed by atoms with Gasteiger partial charge >= 0.3 is 0 Å². The standard InChI is InChI=1S/C11H19N3OS2.ClH/c1-7(2)9-6-17-11(13-9)14-10(15)8(12)4-5-16-3;/h6-8H,4-5,12H2,1-3H3,(H,13,14,15);1H/t8-;/m0./s1. The van der Waals surface area contributed by atoms with Crippen LogP contribution >= 0.6 is 35.5 Å². The Balaban J connectivity index is 0.00000289. The number of halogens is 1. The van der Waals surface area contributed by atoms with Gasteiger partial charge in [-0.15, -0.1) is 23.7 Å². The molecule has 0 spiro atoms. The number of rotatable bonds is 6. The second-order valence-electron chi connectivity index (χ2n) is 4.11. The van der Waals surface area contributed by atoms with Crippen LogP contribution in [0, 0.1) is 0 Å². The van der Waals surface area contributed by atoms with E-state index in [-0.39, 0.29) is 18.3 Å². The first-order chi connectivity index (χ1) is 8.04. The van der Waals surface area contributed by atoms with Crippen molar-refractivity contribution in [2.45, 2.75) is 32.2 Å². The highest BCUT2D eigenvalue weighted by Gasteiger charge is 2.15. The zero-order chi connectivity index (χ0) is 12.8. The first kappa shape index (κ1) is 17.7. The molecular formula is C11H20ClN3OS2. The summed E-state index contributed by atoms with van der Waals surface area (Å²) in [5, 5.41) is 5.36. The van der Waals surface area contributed by atoms with Gasteiger partial charge in [-0.2, -0.15) is 11.8 Å². The quantitative estimate of drug-likeness (QED) is 0.848. The van der Waals surface area contributed by atoms with Crippen LogP contribution in [0.15, 0.2) is 5.38 Å². The summed E-state index contributed by atoms with van der Waals surface area (Å²) in [7, 11) is 0. The molecule has 3 N–H and O–H groups in total. The van der Waals surface area contributed by atoms with Gasteiger partial charge in [0.2, 0.25) is 5.91 Å². The molecule has 4 nitrogen and oxygen atoms in total. The van der Waals surface area contributed by atoms with Gasteiger partial charge < -0.3 is 11.1 Å². The minimum absolute atomic E-state index is 0. The Kier molecular flexibility index (Phi) is 8.60. The Morgan fingerprint density at radius 3 is 2.78 bits per heavy atom. The third kappa shape index (κ3) is 5.56. The van der Waals surface area contributed by atoms with Crippen LogP contribution in [0.3, 0.4) is 0 Å². The molecule has 104 valence electrons. The van der Waals surface area contributed by atoms with E-state index in [0.717, 1.165) is 11.4 Å². The van der Waals surface area contributed by atoms with Gasteiger partial charge in [-0.05, 0) is 24.3 Å². The van der Waals surface area contributed by atoms with Crippen LogP contribution in [-0.4, -0.2) is 28.9 Å². The van der Waals surface area contributed by atoms with Crippen molar-refractivity contribution >= 4 is 46.5 Å². The van der Waals surface area contributed by atoms with Crippen molar-refractivity contribution in [1.82, 2.24) is 4.98 Å². The van der Waals surface area contributed by atoms with E-state index in [2.05, 4.69) is 24.1 Å². The van der Waals surface area contributed by atoms with E-state index in [9.17, 15) is 4.79 Å². The maximum absolute atomic E-state index is 11.7. The van der Waals surface area contributed by atoms with Crippen LogP contribution in [0.5, 0.6) is 0 Å². The second-order valence-corrected chi connectivity index (χ2v) is 5.95. The molecular weight excluding hydrogens is 290 g/mol. The predicted octanol–water partition coefficient (Wildman–Crippen LogP) is 2.71. The highest BCUT2D eigenvalue weighted by Crippen LogP contribution is 2.21. The van der Waals surface area contributed by atoms with E-state index in [0.29, 0.717) is 17.5 Å². The molecule has 0 bridgehead atoms. The minimum Gasteiger partial charge on any atom is -0.320 e. The molecule has 1 heterocycles. The number of carbonyl (C=O) groups is 1. The Morgan fingerprint density at radius 2 is 2.28 bits per heavy atom. The summed E-state index contributed by atoms with van der Waals surface area (Å²) in [5.74, 6) is 1.12. The average Bonchev–Trinajstić information content (AvgIpc) is 2.74. The van der Waals surface area contributed by atoms with Gasteiger partial charge in [0.1, 0.15) is 0 Å². The molecule has 1 rings (SSSR count). The van der Waals surface area contributed by atoms with Gasteiger partial charge in [0.05, 0.1) is 11.7 Å². The van der Waals surface area contributed by atoms with Crippen LogP contribution < -0.4 is 11.1 Å². The van der Waals surface area contributed by atoms with E-state index < -0.39 is 6.04 Å². The lowest BCUT2D eigenvalue weighted by molar-refractivity contribution is -0.117.